The van der Waals surface area contributed by atoms with Gasteiger partial charge in [0.05, 0.1) is 29.5 Å². The van der Waals surface area contributed by atoms with Gasteiger partial charge in [0, 0.05) is 15.9 Å². The van der Waals surface area contributed by atoms with Crippen molar-refractivity contribution in [3.05, 3.63) is 37.7 Å². The number of aromatic nitrogens is 2. The summed E-state index contributed by atoms with van der Waals surface area (Å²) in [4.78, 5) is 3.37. The molecule has 0 aromatic carbocycles. The lowest BCUT2D eigenvalue weighted by atomic mass is 10.1. The van der Waals surface area contributed by atoms with Crippen LogP contribution in [0, 0.1) is 0 Å². The topological polar surface area (TPSA) is 33.1 Å². The van der Waals surface area contributed by atoms with Gasteiger partial charge in [0.2, 0.25) is 0 Å². The molecule has 21 heavy (non-hydrogen) atoms. The normalized spacial score (nSPS) is 13.0. The zero-order valence-electron chi connectivity index (χ0n) is 12.4. The Morgan fingerprint density at radius 3 is 2.86 bits per heavy atom. The Bertz CT molecular complexity index is 581. The SMILES string of the molecule is CCNC(c1sccc1Br)c1c(Cl)cnn1CCN(C)C. The first-order valence-electron chi connectivity index (χ1n) is 6.86. The molecule has 0 fully saturated rings. The summed E-state index contributed by atoms with van der Waals surface area (Å²) < 4.78 is 3.11. The van der Waals surface area contributed by atoms with Crippen LogP contribution in [0.5, 0.6) is 0 Å². The van der Waals surface area contributed by atoms with E-state index in [9.17, 15) is 0 Å². The first kappa shape index (κ1) is 17.0. The first-order valence-corrected chi connectivity index (χ1v) is 8.91. The summed E-state index contributed by atoms with van der Waals surface area (Å²) in [5, 5.41) is 10.7. The van der Waals surface area contributed by atoms with Crippen molar-refractivity contribution < 1.29 is 0 Å². The summed E-state index contributed by atoms with van der Waals surface area (Å²) in [5.74, 6) is 0. The van der Waals surface area contributed by atoms with E-state index in [2.05, 4.69) is 63.7 Å². The number of likely N-dealkylation sites (N-methyl/N-ethyl adjacent to an activating group) is 1. The van der Waals surface area contributed by atoms with Crippen LogP contribution < -0.4 is 5.32 Å². The van der Waals surface area contributed by atoms with Gasteiger partial charge in [-0.2, -0.15) is 5.10 Å². The highest BCUT2D eigenvalue weighted by atomic mass is 79.9. The van der Waals surface area contributed by atoms with Gasteiger partial charge in [0.25, 0.3) is 0 Å². The molecule has 1 atom stereocenters. The molecule has 0 radical (unpaired) electrons. The van der Waals surface area contributed by atoms with Crippen molar-refractivity contribution in [2.45, 2.75) is 19.5 Å². The molecule has 4 nitrogen and oxygen atoms in total. The van der Waals surface area contributed by atoms with E-state index >= 15 is 0 Å². The summed E-state index contributed by atoms with van der Waals surface area (Å²) in [6, 6.07) is 2.13. The van der Waals surface area contributed by atoms with Crippen molar-refractivity contribution in [2.75, 3.05) is 27.2 Å². The molecule has 2 aromatic heterocycles. The van der Waals surface area contributed by atoms with Gasteiger partial charge in [-0.15, -0.1) is 11.3 Å². The first-order chi connectivity index (χ1) is 10.0. The van der Waals surface area contributed by atoms with E-state index in [1.165, 1.54) is 4.88 Å². The van der Waals surface area contributed by atoms with Crippen molar-refractivity contribution in [1.82, 2.24) is 20.0 Å². The minimum Gasteiger partial charge on any atom is -0.308 e. The molecule has 7 heteroatoms. The van der Waals surface area contributed by atoms with Crippen LogP contribution in [-0.4, -0.2) is 41.9 Å². The van der Waals surface area contributed by atoms with Crippen molar-refractivity contribution in [3.63, 3.8) is 0 Å². The Kier molecular flexibility index (Phi) is 6.25. The molecule has 0 bridgehead atoms. The standard InChI is InChI=1S/C14H20BrClN4S/c1-4-17-12(14-10(15)5-8-21-14)13-11(16)9-18-20(13)7-6-19(2)3/h5,8-9,12,17H,4,6-7H2,1-3H3. The molecule has 0 saturated carbocycles. The average Bonchev–Trinajstić information content (AvgIpc) is 3.00. The highest BCUT2D eigenvalue weighted by molar-refractivity contribution is 9.10. The molecule has 2 heterocycles. The summed E-state index contributed by atoms with van der Waals surface area (Å²) in [7, 11) is 4.12. The third-order valence-corrected chi connectivity index (χ3v) is 5.41. The molecule has 1 unspecified atom stereocenters. The summed E-state index contributed by atoms with van der Waals surface area (Å²) >= 11 is 11.8. The van der Waals surface area contributed by atoms with Crippen LogP contribution >= 0.6 is 38.9 Å². The van der Waals surface area contributed by atoms with Gasteiger partial charge in [0.1, 0.15) is 0 Å². The predicted molar refractivity (Wildman–Crippen MR) is 93.3 cm³/mol. The second-order valence-corrected chi connectivity index (χ2v) is 7.24. The maximum atomic E-state index is 6.41. The van der Waals surface area contributed by atoms with Crippen molar-refractivity contribution in [1.29, 1.82) is 0 Å². The van der Waals surface area contributed by atoms with Gasteiger partial charge >= 0.3 is 0 Å². The number of rotatable bonds is 7. The lowest BCUT2D eigenvalue weighted by Crippen LogP contribution is -2.27. The number of halogens is 2. The average molecular weight is 392 g/mol. The van der Waals surface area contributed by atoms with Crippen LogP contribution in [0.2, 0.25) is 5.02 Å². The molecule has 0 spiro atoms. The maximum absolute atomic E-state index is 6.41. The number of hydrogen-bond donors (Lipinski definition) is 1. The minimum atomic E-state index is 0.0570. The highest BCUT2D eigenvalue weighted by Gasteiger charge is 2.24. The van der Waals surface area contributed by atoms with Crippen LogP contribution in [0.15, 0.2) is 22.1 Å². The predicted octanol–water partition coefficient (Wildman–Crippen LogP) is 3.62. The van der Waals surface area contributed by atoms with Crippen molar-refractivity contribution in [2.24, 2.45) is 0 Å². The second-order valence-electron chi connectivity index (χ2n) is 5.03. The Hall–Kier alpha value is -0.400. The van der Waals surface area contributed by atoms with E-state index in [1.54, 1.807) is 17.5 Å². The zero-order chi connectivity index (χ0) is 15.4. The van der Waals surface area contributed by atoms with E-state index in [0.717, 1.165) is 29.8 Å². The molecule has 2 aromatic rings. The van der Waals surface area contributed by atoms with Crippen LogP contribution in [0.4, 0.5) is 0 Å². The van der Waals surface area contributed by atoms with Gasteiger partial charge in [-0.05, 0) is 48.0 Å². The van der Waals surface area contributed by atoms with Gasteiger partial charge in [-0.25, -0.2) is 0 Å². The Morgan fingerprint density at radius 2 is 2.29 bits per heavy atom. The number of nitrogens with zero attached hydrogens (tertiary/aromatic N) is 3. The van der Waals surface area contributed by atoms with E-state index in [-0.39, 0.29) is 6.04 Å². The van der Waals surface area contributed by atoms with Gasteiger partial charge in [-0.1, -0.05) is 18.5 Å². The Labute approximate surface area is 143 Å². The van der Waals surface area contributed by atoms with Crippen molar-refractivity contribution in [3.8, 4) is 0 Å². The molecule has 0 saturated heterocycles. The van der Waals surface area contributed by atoms with Crippen LogP contribution in [0.3, 0.4) is 0 Å². The van der Waals surface area contributed by atoms with E-state index < -0.39 is 0 Å². The molecular formula is C14H20BrClN4S. The molecule has 0 aliphatic carbocycles. The van der Waals surface area contributed by atoms with Gasteiger partial charge in [0.15, 0.2) is 0 Å². The summed E-state index contributed by atoms with van der Waals surface area (Å²) in [6.07, 6.45) is 1.73. The third-order valence-electron chi connectivity index (χ3n) is 3.18. The molecular weight excluding hydrogens is 372 g/mol. The van der Waals surface area contributed by atoms with Gasteiger partial charge < -0.3 is 10.2 Å². The molecule has 1 N–H and O–H groups in total. The minimum absolute atomic E-state index is 0.0570. The fraction of sp³-hybridized carbons (Fsp3) is 0.500. The largest absolute Gasteiger partial charge is 0.308 e. The van der Waals surface area contributed by atoms with Gasteiger partial charge in [-0.3, -0.25) is 4.68 Å². The number of hydrogen-bond acceptors (Lipinski definition) is 4. The number of nitrogens with one attached hydrogen (secondary N) is 1. The highest BCUT2D eigenvalue weighted by Crippen LogP contribution is 2.35. The maximum Gasteiger partial charge on any atom is 0.0868 e. The third kappa shape index (κ3) is 4.07. The number of thiophene rings is 1. The molecule has 0 aliphatic rings. The van der Waals surface area contributed by atoms with Crippen molar-refractivity contribution >= 4 is 38.9 Å². The smallest absolute Gasteiger partial charge is 0.0868 e. The molecule has 2 rings (SSSR count). The van der Waals surface area contributed by atoms with E-state index in [1.807, 2.05) is 4.68 Å². The Balaban J connectivity index is 2.36. The lowest BCUT2D eigenvalue weighted by Gasteiger charge is -2.20. The zero-order valence-corrected chi connectivity index (χ0v) is 15.6. The van der Waals surface area contributed by atoms with Crippen LogP contribution in [-0.2, 0) is 6.54 Å². The van der Waals surface area contributed by atoms with Crippen LogP contribution in [0.1, 0.15) is 23.5 Å². The molecule has 0 amide bonds. The lowest BCUT2D eigenvalue weighted by molar-refractivity contribution is 0.366. The quantitative estimate of drug-likeness (QED) is 0.782. The molecule has 116 valence electrons. The van der Waals surface area contributed by atoms with E-state index in [0.29, 0.717) is 5.02 Å². The van der Waals surface area contributed by atoms with Crippen LogP contribution in [0.25, 0.3) is 0 Å². The summed E-state index contributed by atoms with van der Waals surface area (Å²) in [5.41, 5.74) is 1.03. The summed E-state index contributed by atoms with van der Waals surface area (Å²) in [6.45, 7) is 4.71. The fourth-order valence-corrected chi connectivity index (χ4v) is 4.09. The second kappa shape index (κ2) is 7.74. The monoisotopic (exact) mass is 390 g/mol. The fourth-order valence-electron chi connectivity index (χ4n) is 2.16. The van der Waals surface area contributed by atoms with E-state index in [4.69, 9.17) is 11.6 Å². The molecule has 0 aliphatic heterocycles. The Morgan fingerprint density at radius 1 is 1.52 bits per heavy atom.